The van der Waals surface area contributed by atoms with Crippen LogP contribution in [0.4, 0.5) is 0 Å². The predicted octanol–water partition coefficient (Wildman–Crippen LogP) is 0.0587. The van der Waals surface area contributed by atoms with Crippen LogP contribution in [0.1, 0.15) is 34.6 Å². The zero-order valence-corrected chi connectivity index (χ0v) is 12.9. The minimum absolute atomic E-state index is 0.318. The lowest BCUT2D eigenvalue weighted by molar-refractivity contribution is -0.0472. The SMILES string of the molecule is BC(C)(O)Oc1ncccc1B1OC(C)(C)C(C)(C)O1. The molecule has 1 unspecified atom stereocenters. The zero-order valence-electron chi connectivity index (χ0n) is 12.9. The molecule has 0 spiro atoms. The van der Waals surface area contributed by atoms with Crippen molar-refractivity contribution in [2.75, 3.05) is 0 Å². The molecule has 5 nitrogen and oxygen atoms in total. The Morgan fingerprint density at radius 1 is 1.30 bits per heavy atom. The Morgan fingerprint density at radius 3 is 2.35 bits per heavy atom. The van der Waals surface area contributed by atoms with E-state index in [0.29, 0.717) is 11.3 Å². The van der Waals surface area contributed by atoms with Crippen LogP contribution in [0, 0.1) is 0 Å². The molecule has 1 aromatic rings. The Morgan fingerprint density at radius 2 is 1.85 bits per heavy atom. The molecule has 0 radical (unpaired) electrons. The van der Waals surface area contributed by atoms with Crippen molar-refractivity contribution in [2.24, 2.45) is 0 Å². The standard InChI is InChI=1S/C13H21B2NO4/c1-11(2)12(3,4)20-15(19-11)9-7-6-8-16-10(9)18-13(5,14)17/h6-8,17H,14H2,1-5H3. The van der Waals surface area contributed by atoms with Gasteiger partial charge in [0.15, 0.2) is 13.5 Å². The molecule has 1 N–H and O–H groups in total. The Balaban J connectivity index is 2.31. The van der Waals surface area contributed by atoms with Gasteiger partial charge in [-0.25, -0.2) is 4.98 Å². The second kappa shape index (κ2) is 4.76. The molecule has 1 aliphatic heterocycles. The molecular formula is C13H21B2NO4. The number of pyridine rings is 1. The van der Waals surface area contributed by atoms with Gasteiger partial charge in [-0.05, 0) is 40.7 Å². The maximum atomic E-state index is 9.80. The highest BCUT2D eigenvalue weighted by atomic mass is 16.7. The van der Waals surface area contributed by atoms with Gasteiger partial charge < -0.3 is 19.2 Å². The molecule has 0 aliphatic carbocycles. The van der Waals surface area contributed by atoms with Crippen LogP contribution in [0.3, 0.4) is 0 Å². The summed E-state index contributed by atoms with van der Waals surface area (Å²) in [6.45, 7) is 9.50. The van der Waals surface area contributed by atoms with Gasteiger partial charge in [0.25, 0.3) is 0 Å². The summed E-state index contributed by atoms with van der Waals surface area (Å²) in [5.74, 6) is 0.318. The summed E-state index contributed by atoms with van der Waals surface area (Å²) in [5, 5.41) is 9.80. The lowest BCUT2D eigenvalue weighted by Crippen LogP contribution is -2.41. The van der Waals surface area contributed by atoms with Crippen molar-refractivity contribution < 1.29 is 19.2 Å². The minimum atomic E-state index is -1.31. The van der Waals surface area contributed by atoms with E-state index >= 15 is 0 Å². The highest BCUT2D eigenvalue weighted by Crippen LogP contribution is 2.37. The average Bonchev–Trinajstić information content (AvgIpc) is 2.46. The second-order valence-electron chi connectivity index (χ2n) is 6.53. The highest BCUT2D eigenvalue weighted by molar-refractivity contribution is 6.63. The van der Waals surface area contributed by atoms with Crippen molar-refractivity contribution in [3.8, 4) is 5.88 Å². The van der Waals surface area contributed by atoms with Crippen LogP contribution in [-0.4, -0.2) is 41.9 Å². The van der Waals surface area contributed by atoms with E-state index in [-0.39, 0.29) is 0 Å². The third kappa shape index (κ3) is 3.00. The van der Waals surface area contributed by atoms with Crippen molar-refractivity contribution in [3.05, 3.63) is 18.3 Å². The monoisotopic (exact) mass is 277 g/mol. The second-order valence-corrected chi connectivity index (χ2v) is 6.53. The molecule has 1 saturated heterocycles. The van der Waals surface area contributed by atoms with E-state index in [1.165, 1.54) is 0 Å². The van der Waals surface area contributed by atoms with Crippen molar-refractivity contribution in [1.82, 2.24) is 4.98 Å². The molecule has 0 saturated carbocycles. The van der Waals surface area contributed by atoms with Crippen molar-refractivity contribution in [2.45, 2.75) is 51.5 Å². The number of aromatic nitrogens is 1. The van der Waals surface area contributed by atoms with Crippen molar-refractivity contribution in [1.29, 1.82) is 0 Å². The number of hydrogen-bond donors (Lipinski definition) is 1. The number of aliphatic hydroxyl groups is 1. The summed E-state index contributed by atoms with van der Waals surface area (Å²) in [7, 11) is 0.987. The zero-order chi connectivity index (χ0) is 15.2. The molecule has 0 aromatic carbocycles. The normalized spacial score (nSPS) is 23.4. The van der Waals surface area contributed by atoms with Crippen molar-refractivity contribution >= 4 is 20.4 Å². The van der Waals surface area contributed by atoms with Crippen LogP contribution in [0.5, 0.6) is 5.88 Å². The van der Waals surface area contributed by atoms with Gasteiger partial charge in [0.2, 0.25) is 5.88 Å². The van der Waals surface area contributed by atoms with Gasteiger partial charge in [-0.3, -0.25) is 0 Å². The van der Waals surface area contributed by atoms with Gasteiger partial charge in [0, 0.05) is 11.7 Å². The van der Waals surface area contributed by atoms with Crippen LogP contribution in [0.15, 0.2) is 18.3 Å². The summed E-state index contributed by atoms with van der Waals surface area (Å²) in [6, 6.07) is 3.62. The van der Waals surface area contributed by atoms with Crippen LogP contribution in [0.2, 0.25) is 0 Å². The molecule has 7 heteroatoms. The summed E-state index contributed by atoms with van der Waals surface area (Å²) >= 11 is 0. The number of nitrogens with zero attached hydrogens (tertiary/aromatic N) is 1. The number of hydrogen-bond acceptors (Lipinski definition) is 5. The molecular weight excluding hydrogens is 256 g/mol. The lowest BCUT2D eigenvalue weighted by Gasteiger charge is -2.32. The molecule has 1 atom stereocenters. The molecule has 2 rings (SSSR count). The number of rotatable bonds is 3. The first-order chi connectivity index (χ1) is 9.02. The van der Waals surface area contributed by atoms with Crippen LogP contribution in [-0.2, 0) is 9.31 Å². The van der Waals surface area contributed by atoms with Crippen LogP contribution < -0.4 is 10.2 Å². The van der Waals surface area contributed by atoms with E-state index in [4.69, 9.17) is 14.0 Å². The maximum absolute atomic E-state index is 9.80. The summed E-state index contributed by atoms with van der Waals surface area (Å²) in [5.41, 5.74) is -1.50. The van der Waals surface area contributed by atoms with Gasteiger partial charge in [-0.1, -0.05) is 6.07 Å². The van der Waals surface area contributed by atoms with Gasteiger partial charge >= 0.3 is 7.12 Å². The van der Waals surface area contributed by atoms with E-state index in [1.807, 2.05) is 33.8 Å². The highest BCUT2D eigenvalue weighted by Gasteiger charge is 2.52. The maximum Gasteiger partial charge on any atom is 0.500 e. The smallest absolute Gasteiger partial charge is 0.455 e. The van der Waals surface area contributed by atoms with Gasteiger partial charge in [0.1, 0.15) is 0 Å². The fourth-order valence-corrected chi connectivity index (χ4v) is 1.87. The average molecular weight is 277 g/mol. The molecule has 1 aliphatic rings. The molecule has 1 fully saturated rings. The van der Waals surface area contributed by atoms with Gasteiger partial charge in [-0.15, -0.1) is 0 Å². The Hall–Kier alpha value is -1.04. The first kappa shape index (κ1) is 15.4. The quantitative estimate of drug-likeness (QED) is 0.625. The van der Waals surface area contributed by atoms with Crippen molar-refractivity contribution in [3.63, 3.8) is 0 Å². The fraction of sp³-hybridized carbons (Fsp3) is 0.615. The fourth-order valence-electron chi connectivity index (χ4n) is 1.87. The molecule has 20 heavy (non-hydrogen) atoms. The van der Waals surface area contributed by atoms with E-state index in [2.05, 4.69) is 4.98 Å². The van der Waals surface area contributed by atoms with Gasteiger partial charge in [0.05, 0.1) is 11.2 Å². The molecule has 2 heterocycles. The predicted molar refractivity (Wildman–Crippen MR) is 79.7 cm³/mol. The van der Waals surface area contributed by atoms with Gasteiger partial charge in [-0.2, -0.15) is 0 Å². The van der Waals surface area contributed by atoms with E-state index in [1.54, 1.807) is 27.0 Å². The Bertz CT molecular complexity index is 483. The first-order valence-corrected chi connectivity index (χ1v) is 6.74. The summed E-state index contributed by atoms with van der Waals surface area (Å²) in [6.07, 6.45) is 1.61. The molecule has 108 valence electrons. The largest absolute Gasteiger partial charge is 0.500 e. The topological polar surface area (TPSA) is 60.8 Å². The Labute approximate surface area is 121 Å². The van der Waals surface area contributed by atoms with E-state index < -0.39 is 24.0 Å². The Kier molecular flexibility index (Phi) is 3.65. The van der Waals surface area contributed by atoms with Crippen LogP contribution >= 0.6 is 0 Å². The molecule has 0 bridgehead atoms. The first-order valence-electron chi connectivity index (χ1n) is 6.74. The van der Waals surface area contributed by atoms with E-state index in [9.17, 15) is 5.11 Å². The lowest BCUT2D eigenvalue weighted by atomic mass is 9.79. The van der Waals surface area contributed by atoms with E-state index in [0.717, 1.165) is 0 Å². The molecule has 0 amide bonds. The number of ether oxygens (including phenoxy) is 1. The van der Waals surface area contributed by atoms with Crippen LogP contribution in [0.25, 0.3) is 0 Å². The summed E-state index contributed by atoms with van der Waals surface area (Å²) in [4.78, 5) is 4.16. The third-order valence-corrected chi connectivity index (χ3v) is 3.65. The summed E-state index contributed by atoms with van der Waals surface area (Å²) < 4.78 is 17.4. The molecule has 1 aromatic heterocycles. The minimum Gasteiger partial charge on any atom is -0.455 e. The third-order valence-electron chi connectivity index (χ3n) is 3.65.